The first kappa shape index (κ1) is 20.8. The highest BCUT2D eigenvalue weighted by Gasteiger charge is 2.30. The predicted molar refractivity (Wildman–Crippen MR) is 103 cm³/mol. The Balaban J connectivity index is 2.21. The lowest BCUT2D eigenvalue weighted by Crippen LogP contribution is -2.41. The lowest BCUT2D eigenvalue weighted by Gasteiger charge is -2.37. The van der Waals surface area contributed by atoms with Crippen LogP contribution in [-0.4, -0.2) is 56.4 Å². The quantitative estimate of drug-likeness (QED) is 0.578. The lowest BCUT2D eigenvalue weighted by atomic mass is 10.1. The number of carbonyl (C=O) groups excluding carboxylic acids is 2. The summed E-state index contributed by atoms with van der Waals surface area (Å²) in [5.41, 5.74) is 1.25. The van der Waals surface area contributed by atoms with Gasteiger partial charge in [0.05, 0.1) is 12.7 Å². The van der Waals surface area contributed by atoms with Crippen LogP contribution in [-0.2, 0) is 14.4 Å². The molecule has 7 heteroatoms. The number of benzene rings is 1. The molecule has 1 unspecified atom stereocenters. The van der Waals surface area contributed by atoms with Crippen molar-refractivity contribution in [1.29, 1.82) is 0 Å². The lowest BCUT2D eigenvalue weighted by molar-refractivity contribution is -0.217. The molecule has 0 saturated carbocycles. The smallest absolute Gasteiger partial charge is 0.341 e. The molecule has 0 aromatic heterocycles. The highest BCUT2D eigenvalue weighted by atomic mass is 16.7. The molecule has 2 rings (SSSR count). The van der Waals surface area contributed by atoms with Crippen LogP contribution in [0.25, 0.3) is 0 Å². The maximum Gasteiger partial charge on any atom is 0.341 e. The van der Waals surface area contributed by atoms with Crippen molar-refractivity contribution in [2.24, 2.45) is 0 Å². The third-order valence-corrected chi connectivity index (χ3v) is 4.06. The number of ether oxygens (including phenoxy) is 2. The number of rotatable bonds is 5. The van der Waals surface area contributed by atoms with Crippen molar-refractivity contribution in [3.8, 4) is 5.75 Å². The Kier molecular flexibility index (Phi) is 6.52. The SMILES string of the molecule is COC(=O)c1ccc(N(C)C)cc1OC1CCN(OC(C)(C)C)C(=C=O)C1. The molecule has 0 N–H and O–H groups in total. The van der Waals surface area contributed by atoms with Gasteiger partial charge in [0.2, 0.25) is 0 Å². The standard InChI is InChI=1S/C20H28N2O5/c1-20(2,3)27-22-10-9-16(11-15(22)13-23)26-18-12-14(21(4)5)7-8-17(18)19(24)25-6/h7-8,12,16H,9-11H2,1-6H3. The number of hydrogen-bond donors (Lipinski definition) is 0. The van der Waals surface area contributed by atoms with Crippen molar-refractivity contribution >= 4 is 17.6 Å². The molecule has 27 heavy (non-hydrogen) atoms. The van der Waals surface area contributed by atoms with Gasteiger partial charge in [-0.1, -0.05) is 0 Å². The van der Waals surface area contributed by atoms with Crippen molar-refractivity contribution in [1.82, 2.24) is 5.06 Å². The second kappa shape index (κ2) is 8.46. The molecule has 1 fully saturated rings. The second-order valence-corrected chi connectivity index (χ2v) is 7.65. The fourth-order valence-electron chi connectivity index (χ4n) is 2.79. The molecule has 0 aliphatic carbocycles. The molecule has 0 radical (unpaired) electrons. The van der Waals surface area contributed by atoms with Gasteiger partial charge in [0.1, 0.15) is 29.1 Å². The Bertz CT molecular complexity index is 732. The van der Waals surface area contributed by atoms with E-state index < -0.39 is 11.6 Å². The highest BCUT2D eigenvalue weighted by molar-refractivity contribution is 5.93. The molecule has 148 valence electrons. The van der Waals surface area contributed by atoms with Crippen LogP contribution >= 0.6 is 0 Å². The van der Waals surface area contributed by atoms with E-state index in [0.717, 1.165) is 5.69 Å². The molecule has 1 aromatic carbocycles. The third kappa shape index (κ3) is 5.49. The van der Waals surface area contributed by atoms with E-state index in [9.17, 15) is 9.59 Å². The maximum atomic E-state index is 12.1. The van der Waals surface area contributed by atoms with Gasteiger partial charge in [-0.05, 0) is 32.9 Å². The molecule has 1 aliphatic heterocycles. The van der Waals surface area contributed by atoms with Crippen molar-refractivity contribution in [3.05, 3.63) is 29.5 Å². The average molecular weight is 376 g/mol. The van der Waals surface area contributed by atoms with E-state index >= 15 is 0 Å². The summed E-state index contributed by atoms with van der Waals surface area (Å²) < 4.78 is 11.0. The zero-order valence-corrected chi connectivity index (χ0v) is 16.9. The molecule has 1 heterocycles. The molecule has 1 atom stereocenters. The van der Waals surface area contributed by atoms with Crippen LogP contribution in [0.2, 0.25) is 0 Å². The number of esters is 1. The van der Waals surface area contributed by atoms with E-state index in [4.69, 9.17) is 14.3 Å². The van der Waals surface area contributed by atoms with E-state index in [1.54, 1.807) is 17.2 Å². The normalized spacial score (nSPS) is 17.3. The van der Waals surface area contributed by atoms with E-state index in [0.29, 0.717) is 36.4 Å². The molecule has 0 bridgehead atoms. The first-order valence-electron chi connectivity index (χ1n) is 8.91. The topological polar surface area (TPSA) is 68.3 Å². The van der Waals surface area contributed by atoms with Gasteiger partial charge in [-0.2, -0.15) is 0 Å². The molecule has 0 amide bonds. The number of piperidine rings is 1. The van der Waals surface area contributed by atoms with Gasteiger partial charge in [0.25, 0.3) is 0 Å². The summed E-state index contributed by atoms with van der Waals surface area (Å²) in [6.07, 6.45) is 0.738. The zero-order chi connectivity index (χ0) is 20.2. The fraction of sp³-hybridized carbons (Fsp3) is 0.550. The van der Waals surface area contributed by atoms with E-state index in [2.05, 4.69) is 0 Å². The molecule has 1 saturated heterocycles. The van der Waals surface area contributed by atoms with Crippen LogP contribution in [0.4, 0.5) is 5.69 Å². The molecule has 7 nitrogen and oxygen atoms in total. The van der Waals surface area contributed by atoms with Gasteiger partial charge < -0.3 is 14.4 Å². The van der Waals surface area contributed by atoms with Crippen molar-refractivity contribution < 1.29 is 23.9 Å². The van der Waals surface area contributed by atoms with Gasteiger partial charge in [-0.3, -0.25) is 4.84 Å². The van der Waals surface area contributed by atoms with E-state index in [-0.39, 0.29) is 6.10 Å². The Labute approximate surface area is 160 Å². The molecule has 1 aliphatic rings. The Morgan fingerprint density at radius 2 is 2.00 bits per heavy atom. The number of nitrogens with zero attached hydrogens (tertiary/aromatic N) is 2. The largest absolute Gasteiger partial charge is 0.489 e. The Hall–Kier alpha value is -2.50. The van der Waals surface area contributed by atoms with Crippen LogP contribution in [0.3, 0.4) is 0 Å². The fourth-order valence-corrected chi connectivity index (χ4v) is 2.79. The van der Waals surface area contributed by atoms with Crippen molar-refractivity contribution in [3.63, 3.8) is 0 Å². The van der Waals surface area contributed by atoms with Crippen molar-refractivity contribution in [2.75, 3.05) is 32.6 Å². The second-order valence-electron chi connectivity index (χ2n) is 7.65. The summed E-state index contributed by atoms with van der Waals surface area (Å²) in [6.45, 7) is 6.28. The third-order valence-electron chi connectivity index (χ3n) is 4.06. The molecule has 1 aromatic rings. The Morgan fingerprint density at radius 3 is 2.56 bits per heavy atom. The first-order chi connectivity index (χ1) is 12.6. The van der Waals surface area contributed by atoms with Gasteiger partial charge in [0.15, 0.2) is 0 Å². The number of hydrogen-bond acceptors (Lipinski definition) is 7. The van der Waals surface area contributed by atoms with E-state index in [1.807, 2.05) is 51.8 Å². The summed E-state index contributed by atoms with van der Waals surface area (Å²) in [5.74, 6) is 1.93. The van der Waals surface area contributed by atoms with Crippen LogP contribution in [0.1, 0.15) is 44.0 Å². The molecular weight excluding hydrogens is 348 g/mol. The minimum Gasteiger partial charge on any atom is -0.489 e. The number of carbonyl (C=O) groups is 1. The van der Waals surface area contributed by atoms with Crippen molar-refractivity contribution in [2.45, 2.75) is 45.3 Å². The number of hydroxylamine groups is 2. The highest BCUT2D eigenvalue weighted by Crippen LogP contribution is 2.31. The number of anilines is 1. The summed E-state index contributed by atoms with van der Waals surface area (Å²) in [6, 6.07) is 5.31. The average Bonchev–Trinajstić information content (AvgIpc) is 2.61. The summed E-state index contributed by atoms with van der Waals surface area (Å²) >= 11 is 0. The van der Waals surface area contributed by atoms with E-state index in [1.165, 1.54) is 7.11 Å². The van der Waals surface area contributed by atoms with Crippen LogP contribution in [0.5, 0.6) is 5.75 Å². The van der Waals surface area contributed by atoms with Gasteiger partial charge in [-0.25, -0.2) is 14.7 Å². The zero-order valence-electron chi connectivity index (χ0n) is 16.9. The first-order valence-corrected chi connectivity index (χ1v) is 8.91. The molecular formula is C20H28N2O5. The van der Waals surface area contributed by atoms with Gasteiger partial charge in [0, 0.05) is 45.2 Å². The minimum absolute atomic E-state index is 0.262. The minimum atomic E-state index is -0.463. The van der Waals surface area contributed by atoms with Gasteiger partial charge in [-0.15, -0.1) is 0 Å². The van der Waals surface area contributed by atoms with Crippen LogP contribution in [0.15, 0.2) is 23.9 Å². The summed E-state index contributed by atoms with van der Waals surface area (Å²) in [5, 5.41) is 1.59. The number of methoxy groups -OCH3 is 1. The summed E-state index contributed by atoms with van der Waals surface area (Å²) in [7, 11) is 5.15. The molecule has 0 spiro atoms. The maximum absolute atomic E-state index is 12.1. The Morgan fingerprint density at radius 1 is 1.30 bits per heavy atom. The van der Waals surface area contributed by atoms with Crippen LogP contribution in [0, 0.1) is 0 Å². The van der Waals surface area contributed by atoms with Gasteiger partial charge >= 0.3 is 5.97 Å². The summed E-state index contributed by atoms with van der Waals surface area (Å²) in [4.78, 5) is 31.2. The van der Waals surface area contributed by atoms with Crippen LogP contribution < -0.4 is 9.64 Å². The monoisotopic (exact) mass is 376 g/mol. The predicted octanol–water partition coefficient (Wildman–Crippen LogP) is 2.83.